The SMILES string of the molecule is O=C(NCc1ccccc1)n1cc2c(c1)CN=C2. The molecule has 0 bridgehead atoms. The van der Waals surface area contributed by atoms with Crippen LogP contribution < -0.4 is 5.32 Å². The van der Waals surface area contributed by atoms with Crippen LogP contribution in [0.5, 0.6) is 0 Å². The van der Waals surface area contributed by atoms with Crippen LogP contribution in [0.3, 0.4) is 0 Å². The number of nitrogens with zero attached hydrogens (tertiary/aromatic N) is 2. The van der Waals surface area contributed by atoms with E-state index in [2.05, 4.69) is 10.3 Å². The first kappa shape index (κ1) is 10.8. The number of hydrogen-bond donors (Lipinski definition) is 1. The van der Waals surface area contributed by atoms with Crippen molar-refractivity contribution >= 4 is 12.2 Å². The first-order chi connectivity index (χ1) is 8.83. The zero-order valence-corrected chi connectivity index (χ0v) is 9.84. The lowest BCUT2D eigenvalue weighted by molar-refractivity contribution is 0.242. The van der Waals surface area contributed by atoms with E-state index in [0.29, 0.717) is 13.1 Å². The maximum atomic E-state index is 11.9. The quantitative estimate of drug-likeness (QED) is 0.857. The van der Waals surface area contributed by atoms with Gasteiger partial charge in [-0.15, -0.1) is 0 Å². The number of carbonyl (C=O) groups excluding carboxylic acids is 1. The zero-order valence-electron chi connectivity index (χ0n) is 9.84. The average Bonchev–Trinajstić information content (AvgIpc) is 2.98. The van der Waals surface area contributed by atoms with Crippen molar-refractivity contribution in [1.29, 1.82) is 0 Å². The Balaban J connectivity index is 1.66. The molecule has 0 atom stereocenters. The molecule has 1 N–H and O–H groups in total. The summed E-state index contributed by atoms with van der Waals surface area (Å²) in [6.45, 7) is 1.21. The summed E-state index contributed by atoms with van der Waals surface area (Å²) in [6.07, 6.45) is 5.45. The van der Waals surface area contributed by atoms with E-state index in [1.807, 2.05) is 42.7 Å². The van der Waals surface area contributed by atoms with Gasteiger partial charge in [-0.2, -0.15) is 0 Å². The van der Waals surface area contributed by atoms with Crippen LogP contribution in [0, 0.1) is 0 Å². The van der Waals surface area contributed by atoms with Gasteiger partial charge in [0.15, 0.2) is 0 Å². The molecule has 4 nitrogen and oxygen atoms in total. The lowest BCUT2D eigenvalue weighted by Crippen LogP contribution is -2.27. The van der Waals surface area contributed by atoms with Crippen molar-refractivity contribution in [1.82, 2.24) is 9.88 Å². The van der Waals surface area contributed by atoms with Crippen LogP contribution in [-0.2, 0) is 13.1 Å². The highest BCUT2D eigenvalue weighted by Gasteiger charge is 2.12. The molecule has 0 radical (unpaired) electrons. The lowest BCUT2D eigenvalue weighted by atomic mass is 10.2. The third kappa shape index (κ3) is 2.05. The highest BCUT2D eigenvalue weighted by atomic mass is 16.2. The Kier molecular flexibility index (Phi) is 2.68. The predicted octanol–water partition coefficient (Wildman–Crippen LogP) is 2.18. The zero-order chi connectivity index (χ0) is 12.4. The Morgan fingerprint density at radius 3 is 2.89 bits per heavy atom. The monoisotopic (exact) mass is 239 g/mol. The molecule has 18 heavy (non-hydrogen) atoms. The first-order valence-corrected chi connectivity index (χ1v) is 5.86. The highest BCUT2D eigenvalue weighted by Crippen LogP contribution is 2.15. The fraction of sp³-hybridized carbons (Fsp3) is 0.143. The smallest absolute Gasteiger partial charge is 0.325 e. The number of aliphatic imine (C=N–C) groups is 1. The third-order valence-corrected chi connectivity index (χ3v) is 2.96. The summed E-state index contributed by atoms with van der Waals surface area (Å²) in [6, 6.07) is 9.75. The third-order valence-electron chi connectivity index (χ3n) is 2.96. The first-order valence-electron chi connectivity index (χ1n) is 5.86. The standard InChI is InChI=1S/C14H13N3O/c18-14(16-6-11-4-2-1-3-5-11)17-9-12-7-15-8-13(12)10-17/h1-5,7,9-10H,6,8H2,(H,16,18). The molecule has 0 spiro atoms. The molecular formula is C14H13N3O. The van der Waals surface area contributed by atoms with Crippen LogP contribution in [0.15, 0.2) is 47.7 Å². The largest absolute Gasteiger partial charge is 0.333 e. The Bertz CT molecular complexity index is 599. The molecule has 1 aromatic heterocycles. The molecule has 2 heterocycles. The van der Waals surface area contributed by atoms with Gasteiger partial charge < -0.3 is 5.32 Å². The summed E-state index contributed by atoms with van der Waals surface area (Å²) in [5.41, 5.74) is 3.22. The average molecular weight is 239 g/mol. The van der Waals surface area contributed by atoms with E-state index in [1.54, 1.807) is 10.8 Å². The minimum atomic E-state index is -0.110. The summed E-state index contributed by atoms with van der Waals surface area (Å²) in [4.78, 5) is 16.1. The molecule has 0 saturated carbocycles. The minimum Gasteiger partial charge on any atom is -0.333 e. The number of carbonyl (C=O) groups is 1. The van der Waals surface area contributed by atoms with Crippen molar-refractivity contribution in [2.24, 2.45) is 4.99 Å². The van der Waals surface area contributed by atoms with E-state index < -0.39 is 0 Å². The highest BCUT2D eigenvalue weighted by molar-refractivity contribution is 5.87. The van der Waals surface area contributed by atoms with Crippen molar-refractivity contribution in [2.45, 2.75) is 13.1 Å². The summed E-state index contributed by atoms with van der Waals surface area (Å²) in [7, 11) is 0. The number of aromatic nitrogens is 1. The molecule has 1 aromatic carbocycles. The number of rotatable bonds is 2. The molecular weight excluding hydrogens is 226 g/mol. The van der Waals surface area contributed by atoms with E-state index in [-0.39, 0.29) is 6.03 Å². The van der Waals surface area contributed by atoms with Gasteiger partial charge >= 0.3 is 6.03 Å². The van der Waals surface area contributed by atoms with Gasteiger partial charge in [-0.1, -0.05) is 30.3 Å². The predicted molar refractivity (Wildman–Crippen MR) is 69.8 cm³/mol. The van der Waals surface area contributed by atoms with E-state index in [4.69, 9.17) is 0 Å². The van der Waals surface area contributed by atoms with Gasteiger partial charge in [0.05, 0.1) is 6.54 Å². The van der Waals surface area contributed by atoms with Gasteiger partial charge in [-0.25, -0.2) is 4.79 Å². The maximum absolute atomic E-state index is 11.9. The van der Waals surface area contributed by atoms with Crippen molar-refractivity contribution < 1.29 is 4.79 Å². The number of hydrogen-bond acceptors (Lipinski definition) is 2. The van der Waals surface area contributed by atoms with E-state index in [9.17, 15) is 4.79 Å². The second-order valence-electron chi connectivity index (χ2n) is 4.26. The number of fused-ring (bicyclic) bond motifs is 1. The fourth-order valence-electron chi connectivity index (χ4n) is 1.99. The number of benzene rings is 1. The van der Waals surface area contributed by atoms with E-state index in [0.717, 1.165) is 16.7 Å². The van der Waals surface area contributed by atoms with Crippen LogP contribution in [0.1, 0.15) is 16.7 Å². The van der Waals surface area contributed by atoms with Crippen LogP contribution in [0.25, 0.3) is 0 Å². The van der Waals surface area contributed by atoms with Crippen LogP contribution in [-0.4, -0.2) is 16.8 Å². The topological polar surface area (TPSA) is 46.4 Å². The molecule has 3 rings (SSSR count). The Labute approximate surface area is 105 Å². The molecule has 0 unspecified atom stereocenters. The van der Waals surface area contributed by atoms with Crippen molar-refractivity contribution in [2.75, 3.05) is 0 Å². The summed E-state index contributed by atoms with van der Waals surface area (Å²) in [5, 5.41) is 2.88. The van der Waals surface area contributed by atoms with Crippen LogP contribution in [0.2, 0.25) is 0 Å². The molecule has 90 valence electrons. The van der Waals surface area contributed by atoms with Gasteiger partial charge in [0.25, 0.3) is 0 Å². The summed E-state index contributed by atoms with van der Waals surface area (Å²) < 4.78 is 1.58. The van der Waals surface area contributed by atoms with E-state index >= 15 is 0 Å². The lowest BCUT2D eigenvalue weighted by Gasteiger charge is -2.05. The summed E-state index contributed by atoms with van der Waals surface area (Å²) in [5.74, 6) is 0. The van der Waals surface area contributed by atoms with Crippen molar-refractivity contribution in [3.05, 3.63) is 59.4 Å². The minimum absolute atomic E-state index is 0.110. The Morgan fingerprint density at radius 2 is 2.11 bits per heavy atom. The van der Waals surface area contributed by atoms with Gasteiger partial charge in [0.1, 0.15) is 0 Å². The molecule has 1 aliphatic rings. The van der Waals surface area contributed by atoms with Gasteiger partial charge in [0.2, 0.25) is 0 Å². The van der Waals surface area contributed by atoms with Crippen LogP contribution in [0.4, 0.5) is 4.79 Å². The second kappa shape index (κ2) is 4.49. The second-order valence-corrected chi connectivity index (χ2v) is 4.26. The van der Waals surface area contributed by atoms with Crippen molar-refractivity contribution in [3.63, 3.8) is 0 Å². The Hall–Kier alpha value is -2.36. The molecule has 0 aliphatic carbocycles. The van der Waals surface area contributed by atoms with Gasteiger partial charge in [-0.05, 0) is 5.56 Å². The van der Waals surface area contributed by atoms with Crippen LogP contribution >= 0.6 is 0 Å². The molecule has 0 saturated heterocycles. The molecule has 1 aliphatic heterocycles. The summed E-state index contributed by atoms with van der Waals surface area (Å²) >= 11 is 0. The fourth-order valence-corrected chi connectivity index (χ4v) is 1.99. The molecule has 4 heteroatoms. The van der Waals surface area contributed by atoms with Crippen molar-refractivity contribution in [3.8, 4) is 0 Å². The molecule has 2 aromatic rings. The Morgan fingerprint density at radius 1 is 1.28 bits per heavy atom. The molecule has 1 amide bonds. The number of nitrogens with one attached hydrogen (secondary N) is 1. The molecule has 0 fully saturated rings. The number of amides is 1. The normalized spacial score (nSPS) is 12.4. The maximum Gasteiger partial charge on any atom is 0.325 e. The van der Waals surface area contributed by atoms with Gasteiger partial charge in [-0.3, -0.25) is 9.56 Å². The van der Waals surface area contributed by atoms with Gasteiger partial charge in [0, 0.05) is 36.3 Å². The van der Waals surface area contributed by atoms with E-state index in [1.165, 1.54) is 0 Å².